The number of benzene rings is 1. The molecule has 0 spiro atoms. The second-order valence-corrected chi connectivity index (χ2v) is 6.82. The summed E-state index contributed by atoms with van der Waals surface area (Å²) in [6.45, 7) is 5.38. The molecule has 2 aliphatic heterocycles. The van der Waals surface area contributed by atoms with Gasteiger partial charge in [-0.2, -0.15) is 0 Å². The van der Waals surface area contributed by atoms with Gasteiger partial charge in [0.05, 0.1) is 18.9 Å². The van der Waals surface area contributed by atoms with E-state index in [0.29, 0.717) is 26.2 Å². The van der Waals surface area contributed by atoms with Crippen LogP contribution in [0.3, 0.4) is 0 Å². The molecule has 2 atom stereocenters. The van der Waals surface area contributed by atoms with Gasteiger partial charge in [0, 0.05) is 26.2 Å². The molecular weight excluding hydrogens is 332 g/mol. The largest absolute Gasteiger partial charge is 0.468 e. The first-order chi connectivity index (χ1) is 12.5. The fourth-order valence-electron chi connectivity index (χ4n) is 3.88. The molecular formula is C20H24N2O4. The van der Waals surface area contributed by atoms with Gasteiger partial charge in [-0.05, 0) is 30.0 Å². The van der Waals surface area contributed by atoms with Gasteiger partial charge in [-0.15, -0.1) is 0 Å². The highest BCUT2D eigenvalue weighted by Gasteiger charge is 2.37. The third-order valence-electron chi connectivity index (χ3n) is 5.25. The molecule has 1 fully saturated rings. The van der Waals surface area contributed by atoms with Crippen LogP contribution in [-0.4, -0.2) is 54.3 Å². The fourth-order valence-corrected chi connectivity index (χ4v) is 3.88. The lowest BCUT2D eigenvalue weighted by Crippen LogP contribution is -2.48. The van der Waals surface area contributed by atoms with Gasteiger partial charge < -0.3 is 14.5 Å². The van der Waals surface area contributed by atoms with E-state index in [4.69, 9.17) is 4.74 Å². The predicted octanol–water partition coefficient (Wildman–Crippen LogP) is 1.71. The minimum atomic E-state index is -0.469. The summed E-state index contributed by atoms with van der Waals surface area (Å²) in [7, 11) is 1.37. The molecule has 6 heteroatoms. The maximum Gasteiger partial charge on any atom is 0.314 e. The monoisotopic (exact) mass is 356 g/mol. The minimum absolute atomic E-state index is 0.00466. The average molecular weight is 356 g/mol. The second-order valence-electron chi connectivity index (χ2n) is 6.82. The second kappa shape index (κ2) is 7.72. The number of likely N-dealkylation sites (tertiary alicyclic amines) is 1. The van der Waals surface area contributed by atoms with Crippen LogP contribution in [0.2, 0.25) is 0 Å². The molecule has 0 aromatic heterocycles. The molecule has 0 radical (unpaired) electrons. The number of nitrogens with zero attached hydrogens (tertiary/aromatic N) is 2. The maximum atomic E-state index is 13.1. The van der Waals surface area contributed by atoms with Gasteiger partial charge in [-0.1, -0.05) is 30.8 Å². The standard InChI is InChI=1S/C20H24N2O4/c1-3-18(23)21-10-6-8-15(12-21)19(24)22-11-14-7-4-5-9-16(14)17(13-22)20(25)26-2/h3-5,7,9,15,17H,1,6,8,10-13H2,2H3. The van der Waals surface area contributed by atoms with Crippen LogP contribution in [0.4, 0.5) is 0 Å². The van der Waals surface area contributed by atoms with Gasteiger partial charge in [0.15, 0.2) is 0 Å². The molecule has 0 saturated carbocycles. The summed E-state index contributed by atoms with van der Waals surface area (Å²) in [6, 6.07) is 7.67. The van der Waals surface area contributed by atoms with Gasteiger partial charge in [0.1, 0.15) is 0 Å². The zero-order valence-corrected chi connectivity index (χ0v) is 15.0. The Morgan fingerprint density at radius 3 is 2.69 bits per heavy atom. The summed E-state index contributed by atoms with van der Waals surface area (Å²) < 4.78 is 4.94. The third kappa shape index (κ3) is 3.49. The number of amides is 2. The lowest BCUT2D eigenvalue weighted by atomic mass is 9.88. The van der Waals surface area contributed by atoms with Crippen molar-refractivity contribution in [3.63, 3.8) is 0 Å². The van der Waals surface area contributed by atoms with E-state index in [9.17, 15) is 14.4 Å². The van der Waals surface area contributed by atoms with Crippen molar-refractivity contribution >= 4 is 17.8 Å². The third-order valence-corrected chi connectivity index (χ3v) is 5.25. The van der Waals surface area contributed by atoms with E-state index in [0.717, 1.165) is 24.0 Å². The Balaban J connectivity index is 1.79. The van der Waals surface area contributed by atoms with E-state index in [1.807, 2.05) is 24.3 Å². The van der Waals surface area contributed by atoms with Crippen LogP contribution >= 0.6 is 0 Å². The van der Waals surface area contributed by atoms with E-state index < -0.39 is 5.92 Å². The van der Waals surface area contributed by atoms with Crippen molar-refractivity contribution in [3.8, 4) is 0 Å². The van der Waals surface area contributed by atoms with Crippen LogP contribution in [0, 0.1) is 5.92 Å². The summed E-state index contributed by atoms with van der Waals surface area (Å²) in [6.07, 6.45) is 2.83. The van der Waals surface area contributed by atoms with Gasteiger partial charge in [-0.25, -0.2) is 0 Å². The van der Waals surface area contributed by atoms with Crippen molar-refractivity contribution in [3.05, 3.63) is 48.0 Å². The molecule has 3 rings (SSSR count). The summed E-state index contributed by atoms with van der Waals surface area (Å²) in [5, 5.41) is 0. The highest BCUT2D eigenvalue weighted by Crippen LogP contribution is 2.31. The molecule has 6 nitrogen and oxygen atoms in total. The van der Waals surface area contributed by atoms with Crippen molar-refractivity contribution in [2.75, 3.05) is 26.7 Å². The molecule has 2 amide bonds. The normalized spacial score (nSPS) is 22.3. The van der Waals surface area contributed by atoms with Crippen molar-refractivity contribution in [2.24, 2.45) is 5.92 Å². The zero-order chi connectivity index (χ0) is 18.7. The van der Waals surface area contributed by atoms with E-state index >= 15 is 0 Å². The molecule has 0 aliphatic carbocycles. The Bertz CT molecular complexity index is 730. The average Bonchev–Trinajstić information content (AvgIpc) is 2.71. The van der Waals surface area contributed by atoms with Crippen LogP contribution < -0.4 is 0 Å². The van der Waals surface area contributed by atoms with Crippen molar-refractivity contribution in [1.29, 1.82) is 0 Å². The highest BCUT2D eigenvalue weighted by molar-refractivity contribution is 5.88. The number of esters is 1. The SMILES string of the molecule is C=CC(=O)N1CCCC(C(=O)N2Cc3ccccc3C(C(=O)OC)C2)C1. The molecule has 26 heavy (non-hydrogen) atoms. The summed E-state index contributed by atoms with van der Waals surface area (Å²) in [4.78, 5) is 40.6. The van der Waals surface area contributed by atoms with Gasteiger partial charge >= 0.3 is 5.97 Å². The molecule has 138 valence electrons. The summed E-state index contributed by atoms with van der Waals surface area (Å²) >= 11 is 0. The Kier molecular flexibility index (Phi) is 5.40. The fraction of sp³-hybridized carbons (Fsp3) is 0.450. The van der Waals surface area contributed by atoms with Gasteiger partial charge in [0.2, 0.25) is 11.8 Å². The Hall–Kier alpha value is -2.63. The molecule has 2 aliphatic rings. The summed E-state index contributed by atoms with van der Waals surface area (Å²) in [5.74, 6) is -1.18. The zero-order valence-electron chi connectivity index (χ0n) is 15.0. The summed E-state index contributed by atoms with van der Waals surface area (Å²) in [5.41, 5.74) is 1.90. The lowest BCUT2D eigenvalue weighted by molar-refractivity contribution is -0.146. The molecule has 1 aromatic carbocycles. The quantitative estimate of drug-likeness (QED) is 0.611. The molecule has 0 bridgehead atoms. The number of rotatable bonds is 3. The number of carbonyl (C=O) groups is 3. The minimum Gasteiger partial charge on any atom is -0.468 e. The van der Waals surface area contributed by atoms with Crippen molar-refractivity contribution < 1.29 is 19.1 Å². The smallest absolute Gasteiger partial charge is 0.314 e. The van der Waals surface area contributed by atoms with Gasteiger partial charge in [0.25, 0.3) is 0 Å². The van der Waals surface area contributed by atoms with Crippen LogP contribution in [-0.2, 0) is 25.7 Å². The van der Waals surface area contributed by atoms with E-state index in [1.165, 1.54) is 13.2 Å². The van der Waals surface area contributed by atoms with E-state index in [-0.39, 0.29) is 23.7 Å². The van der Waals surface area contributed by atoms with Crippen molar-refractivity contribution in [2.45, 2.75) is 25.3 Å². The number of hydrogen-bond donors (Lipinski definition) is 0. The first kappa shape index (κ1) is 18.2. The van der Waals surface area contributed by atoms with Crippen LogP contribution in [0.15, 0.2) is 36.9 Å². The topological polar surface area (TPSA) is 66.9 Å². The molecule has 2 unspecified atom stereocenters. The Labute approximate surface area is 153 Å². The molecule has 0 N–H and O–H groups in total. The number of ether oxygens (including phenoxy) is 1. The molecule has 1 aromatic rings. The molecule has 2 heterocycles. The first-order valence-electron chi connectivity index (χ1n) is 8.91. The highest BCUT2D eigenvalue weighted by atomic mass is 16.5. The van der Waals surface area contributed by atoms with E-state index in [1.54, 1.807) is 9.80 Å². The molecule has 1 saturated heterocycles. The Morgan fingerprint density at radius 1 is 1.19 bits per heavy atom. The number of fused-ring (bicyclic) bond motifs is 1. The number of carbonyl (C=O) groups excluding carboxylic acids is 3. The number of methoxy groups -OCH3 is 1. The number of piperidine rings is 1. The van der Waals surface area contributed by atoms with Gasteiger partial charge in [-0.3, -0.25) is 14.4 Å². The van der Waals surface area contributed by atoms with Crippen LogP contribution in [0.1, 0.15) is 29.9 Å². The number of hydrogen-bond acceptors (Lipinski definition) is 4. The maximum absolute atomic E-state index is 13.1. The lowest BCUT2D eigenvalue weighted by Gasteiger charge is -2.38. The Morgan fingerprint density at radius 2 is 1.96 bits per heavy atom. The first-order valence-corrected chi connectivity index (χ1v) is 8.91. The van der Waals surface area contributed by atoms with E-state index in [2.05, 4.69) is 6.58 Å². The van der Waals surface area contributed by atoms with Crippen molar-refractivity contribution in [1.82, 2.24) is 9.80 Å². The van der Waals surface area contributed by atoms with Crippen LogP contribution in [0.5, 0.6) is 0 Å². The predicted molar refractivity (Wildman–Crippen MR) is 96.1 cm³/mol. The van der Waals surface area contributed by atoms with Crippen LogP contribution in [0.25, 0.3) is 0 Å².